The van der Waals surface area contributed by atoms with E-state index in [0.29, 0.717) is 19.4 Å². The Morgan fingerprint density at radius 3 is 1.36 bits per heavy atom. The first-order valence-corrected chi connectivity index (χ1v) is 20.1. The van der Waals surface area contributed by atoms with Crippen LogP contribution in [0.5, 0.6) is 0 Å². The van der Waals surface area contributed by atoms with Crippen molar-refractivity contribution in [2.24, 2.45) is 0 Å². The molecule has 0 aromatic carbocycles. The maximum absolute atomic E-state index is 12.4. The highest BCUT2D eigenvalue weighted by molar-refractivity contribution is 7.47. The normalized spacial score (nSPS) is 13.4. The fourth-order valence-corrected chi connectivity index (χ4v) is 6.02. The lowest BCUT2D eigenvalue weighted by Gasteiger charge is -2.19. The van der Waals surface area contributed by atoms with Crippen LogP contribution >= 0.6 is 7.82 Å². The molecular weight excluding hydrogens is 593 g/mol. The fourth-order valence-electron chi connectivity index (χ4n) is 5.23. The number of carbonyl (C=O) groups is 2. The number of esters is 2. The molecule has 0 aliphatic carbocycles. The molecule has 10 heteroatoms. The molecule has 0 aliphatic heterocycles. The van der Waals surface area contributed by atoms with Crippen LogP contribution < -0.4 is 5.73 Å². The van der Waals surface area contributed by atoms with Crippen LogP contribution in [0.4, 0.5) is 0 Å². The quantitative estimate of drug-likeness (QED) is 0.0389. The molecule has 4 N–H and O–H groups in total. The smallest absolute Gasteiger partial charge is 0.462 e. The highest BCUT2D eigenvalue weighted by Gasteiger charge is 2.26. The van der Waals surface area contributed by atoms with Crippen LogP contribution in [0.2, 0.25) is 0 Å². The summed E-state index contributed by atoms with van der Waals surface area (Å²) in [5, 5.41) is 0. The van der Waals surface area contributed by atoms with Gasteiger partial charge in [0.15, 0.2) is 6.10 Å². The van der Waals surface area contributed by atoms with Crippen LogP contribution in [0.3, 0.4) is 0 Å². The Balaban J connectivity index is 4.15. The van der Waals surface area contributed by atoms with Gasteiger partial charge in [0.25, 0.3) is 0 Å². The number of rotatable bonds is 35. The van der Waals surface area contributed by atoms with E-state index >= 15 is 0 Å². The molecule has 0 aromatic heterocycles. The maximum atomic E-state index is 12.4. The van der Waals surface area contributed by atoms with E-state index in [4.69, 9.17) is 18.5 Å². The highest BCUT2D eigenvalue weighted by atomic mass is 31.2. The van der Waals surface area contributed by atoms with Crippen molar-refractivity contribution in [3.8, 4) is 0 Å². The van der Waals surface area contributed by atoms with Gasteiger partial charge in [0, 0.05) is 12.8 Å². The second-order valence-electron chi connectivity index (χ2n) is 12.5. The zero-order chi connectivity index (χ0) is 33.3. The number of quaternary nitrogens is 1. The molecule has 268 valence electrons. The van der Waals surface area contributed by atoms with E-state index in [0.717, 1.165) is 32.1 Å². The van der Waals surface area contributed by atoms with Gasteiger partial charge in [-0.2, -0.15) is 0 Å². The van der Waals surface area contributed by atoms with Crippen molar-refractivity contribution in [3.05, 3.63) is 0 Å². The molecule has 0 heterocycles. The number of hydrogen-bond donors (Lipinski definition) is 2. The molecule has 0 fully saturated rings. The van der Waals surface area contributed by atoms with Gasteiger partial charge in [-0.15, -0.1) is 0 Å². The first kappa shape index (κ1) is 44.0. The highest BCUT2D eigenvalue weighted by Crippen LogP contribution is 2.43. The Kier molecular flexibility index (Phi) is 32.2. The summed E-state index contributed by atoms with van der Waals surface area (Å²) in [7, 11) is -4.32. The van der Waals surface area contributed by atoms with E-state index in [1.807, 2.05) is 0 Å². The molecule has 45 heavy (non-hydrogen) atoms. The van der Waals surface area contributed by atoms with Crippen molar-refractivity contribution in [3.63, 3.8) is 0 Å². The third-order valence-corrected chi connectivity index (χ3v) is 9.00. The standard InChI is InChI=1S/C35H70NO8P/c1-3-5-7-9-11-13-14-15-16-17-18-20-21-23-25-27-34(37)41-31-33(32-43-45(39,40)42-30-29-36)44-35(38)28-26-24-22-19-12-10-8-6-4-2/h33H,3-32,36H2,1-2H3,(H,39,40)/p+1/t33-/m1/s1. The molecule has 0 aromatic rings. The van der Waals surface area contributed by atoms with Gasteiger partial charge >= 0.3 is 19.8 Å². The molecule has 0 bridgehead atoms. The first-order valence-electron chi connectivity index (χ1n) is 18.6. The molecule has 0 saturated heterocycles. The lowest BCUT2D eigenvalue weighted by molar-refractivity contribution is -0.371. The van der Waals surface area contributed by atoms with Crippen LogP contribution in [0, 0.1) is 0 Å². The Morgan fingerprint density at radius 2 is 0.956 bits per heavy atom. The molecule has 2 atom stereocenters. The summed E-state index contributed by atoms with van der Waals surface area (Å²) in [5.74, 6) is -0.804. The first-order chi connectivity index (χ1) is 21.8. The van der Waals surface area contributed by atoms with Crippen molar-refractivity contribution < 1.29 is 43.3 Å². The Morgan fingerprint density at radius 1 is 0.578 bits per heavy atom. The average Bonchev–Trinajstić information content (AvgIpc) is 3.02. The summed E-state index contributed by atoms with van der Waals surface area (Å²) >= 11 is 0. The monoisotopic (exact) mass is 664 g/mol. The molecule has 0 radical (unpaired) electrons. The molecule has 0 aliphatic rings. The number of ether oxygens (including phenoxy) is 2. The van der Waals surface area contributed by atoms with Gasteiger partial charge in [-0.25, -0.2) is 4.57 Å². The zero-order valence-electron chi connectivity index (χ0n) is 29.2. The van der Waals surface area contributed by atoms with Gasteiger partial charge < -0.3 is 20.1 Å². The van der Waals surface area contributed by atoms with Crippen molar-refractivity contribution >= 4 is 19.8 Å². The van der Waals surface area contributed by atoms with Crippen LogP contribution in [0.1, 0.15) is 181 Å². The zero-order valence-corrected chi connectivity index (χ0v) is 30.1. The summed E-state index contributed by atoms with van der Waals surface area (Å²) < 4.78 is 32.7. The largest absolute Gasteiger partial charge is 0.472 e. The molecule has 0 spiro atoms. The molecule has 0 saturated carbocycles. The second-order valence-corrected chi connectivity index (χ2v) is 14.0. The summed E-state index contributed by atoms with van der Waals surface area (Å²) in [5.41, 5.74) is 3.57. The number of hydrogen-bond acceptors (Lipinski definition) is 7. The summed E-state index contributed by atoms with van der Waals surface area (Å²) in [4.78, 5) is 34.6. The predicted molar refractivity (Wildman–Crippen MR) is 182 cm³/mol. The number of phosphoric ester groups is 1. The maximum Gasteiger partial charge on any atom is 0.472 e. The Hall–Kier alpha value is -0.990. The van der Waals surface area contributed by atoms with Crippen molar-refractivity contribution in [2.75, 3.05) is 26.4 Å². The van der Waals surface area contributed by atoms with Crippen LogP contribution in [-0.2, 0) is 32.7 Å². The molecule has 9 nitrogen and oxygen atoms in total. The minimum atomic E-state index is -4.32. The van der Waals surface area contributed by atoms with Crippen LogP contribution in [0.15, 0.2) is 0 Å². The van der Waals surface area contributed by atoms with Gasteiger partial charge in [0.05, 0.1) is 13.2 Å². The van der Waals surface area contributed by atoms with Crippen molar-refractivity contribution in [1.29, 1.82) is 0 Å². The van der Waals surface area contributed by atoms with Gasteiger partial charge in [-0.1, -0.05) is 155 Å². The van der Waals surface area contributed by atoms with Gasteiger partial charge in [0.2, 0.25) is 0 Å². The predicted octanol–water partition coefficient (Wildman–Crippen LogP) is 9.00. The fraction of sp³-hybridized carbons (Fsp3) is 0.943. The SMILES string of the molecule is CCCCCCCCCCCCCCCCCC(=O)OC[C@H](COP(=O)(O)OCC[NH3+])OC(=O)CCCCCCCCCCC. The van der Waals surface area contributed by atoms with E-state index in [1.165, 1.54) is 116 Å². The van der Waals surface area contributed by atoms with Crippen molar-refractivity contribution in [1.82, 2.24) is 0 Å². The third-order valence-electron chi connectivity index (χ3n) is 8.02. The lowest BCUT2D eigenvalue weighted by atomic mass is 10.0. The number of phosphoric acid groups is 1. The Labute approximate surface area is 276 Å². The third kappa shape index (κ3) is 32.7. The number of unbranched alkanes of at least 4 members (excludes halogenated alkanes) is 22. The van der Waals surface area contributed by atoms with Gasteiger partial charge in [-0.05, 0) is 12.8 Å². The lowest BCUT2D eigenvalue weighted by Crippen LogP contribution is -2.52. The van der Waals surface area contributed by atoms with E-state index in [-0.39, 0.29) is 25.6 Å². The van der Waals surface area contributed by atoms with E-state index in [1.54, 1.807) is 0 Å². The average molecular weight is 665 g/mol. The van der Waals surface area contributed by atoms with E-state index in [2.05, 4.69) is 19.6 Å². The van der Waals surface area contributed by atoms with Gasteiger partial charge in [-0.3, -0.25) is 18.6 Å². The van der Waals surface area contributed by atoms with E-state index in [9.17, 15) is 19.0 Å². The minimum Gasteiger partial charge on any atom is -0.462 e. The summed E-state index contributed by atoms with van der Waals surface area (Å²) in [6.07, 6.45) is 28.6. The van der Waals surface area contributed by atoms with E-state index < -0.39 is 26.5 Å². The molecule has 0 amide bonds. The molecule has 0 rings (SSSR count). The van der Waals surface area contributed by atoms with Gasteiger partial charge in [0.1, 0.15) is 13.2 Å². The van der Waals surface area contributed by atoms with Crippen LogP contribution in [0.25, 0.3) is 0 Å². The molecule has 1 unspecified atom stereocenters. The second kappa shape index (κ2) is 32.9. The summed E-state index contributed by atoms with van der Waals surface area (Å²) in [6, 6.07) is 0. The number of carbonyl (C=O) groups excluding carboxylic acids is 2. The van der Waals surface area contributed by atoms with Crippen LogP contribution in [-0.4, -0.2) is 49.3 Å². The minimum absolute atomic E-state index is 0.0366. The van der Waals surface area contributed by atoms with Crippen molar-refractivity contribution in [2.45, 2.75) is 187 Å². The topological polar surface area (TPSA) is 136 Å². The summed E-state index contributed by atoms with van der Waals surface area (Å²) in [6.45, 7) is 4.11. The molecular formula is C35H71NO8P+. The Bertz CT molecular complexity index is 724.